The van der Waals surface area contributed by atoms with Crippen LogP contribution >= 0.6 is 0 Å². The lowest BCUT2D eigenvalue weighted by atomic mass is 10.0. The summed E-state index contributed by atoms with van der Waals surface area (Å²) in [5.74, 6) is 1.28. The zero-order valence-corrected chi connectivity index (χ0v) is 17.1. The van der Waals surface area contributed by atoms with Crippen molar-refractivity contribution in [2.45, 2.75) is 25.0 Å². The van der Waals surface area contributed by atoms with Gasteiger partial charge in [0, 0.05) is 57.9 Å². The van der Waals surface area contributed by atoms with Crippen LogP contribution in [0, 0.1) is 0 Å². The number of imidazole rings is 1. The molecule has 5 rings (SSSR count). The molecule has 1 aromatic carbocycles. The number of hydrogen-bond donors (Lipinski definition) is 0. The zero-order valence-electron chi connectivity index (χ0n) is 17.1. The molecule has 1 unspecified atom stereocenters. The minimum Gasteiger partial charge on any atom is -0.371 e. The number of hydrogen-bond acceptors (Lipinski definition) is 5. The maximum atomic E-state index is 13.0. The maximum absolute atomic E-state index is 13.0. The number of amides is 1. The fourth-order valence-electron chi connectivity index (χ4n) is 4.99. The molecule has 0 bridgehead atoms. The van der Waals surface area contributed by atoms with Crippen LogP contribution in [0.5, 0.6) is 0 Å². The number of aryl methyl sites for hydroxylation is 1. The first kappa shape index (κ1) is 18.8. The molecule has 2 fully saturated rings. The van der Waals surface area contributed by atoms with Crippen LogP contribution in [0.15, 0.2) is 36.7 Å². The van der Waals surface area contributed by atoms with E-state index in [1.54, 1.807) is 0 Å². The second-order valence-corrected chi connectivity index (χ2v) is 8.58. The van der Waals surface area contributed by atoms with Crippen molar-refractivity contribution < 1.29 is 9.53 Å². The summed E-state index contributed by atoms with van der Waals surface area (Å²) in [7, 11) is 2.04. The number of rotatable bonds is 4. The minimum absolute atomic E-state index is 0.160. The highest BCUT2D eigenvalue weighted by Gasteiger charge is 2.43. The van der Waals surface area contributed by atoms with Crippen LogP contribution in [0.4, 0.5) is 5.69 Å². The molecule has 1 atom stereocenters. The smallest absolute Gasteiger partial charge is 0.241 e. The monoisotopic (exact) mass is 395 g/mol. The van der Waals surface area contributed by atoms with Gasteiger partial charge in [0.2, 0.25) is 5.91 Å². The van der Waals surface area contributed by atoms with Crippen molar-refractivity contribution in [1.29, 1.82) is 0 Å². The average Bonchev–Trinajstić information content (AvgIpc) is 3.42. The molecule has 1 aromatic heterocycles. The Bertz CT molecular complexity index is 897. The van der Waals surface area contributed by atoms with Crippen LogP contribution in [-0.4, -0.2) is 76.7 Å². The Labute approximate surface area is 171 Å². The predicted molar refractivity (Wildman–Crippen MR) is 111 cm³/mol. The van der Waals surface area contributed by atoms with E-state index in [0.717, 1.165) is 63.6 Å². The molecule has 2 saturated heterocycles. The molecule has 7 heteroatoms. The second kappa shape index (κ2) is 7.55. The summed E-state index contributed by atoms with van der Waals surface area (Å²) in [4.78, 5) is 24.1. The number of nitrogens with zero attached hydrogens (tertiary/aromatic N) is 5. The topological polar surface area (TPSA) is 53.8 Å². The maximum Gasteiger partial charge on any atom is 0.241 e. The van der Waals surface area contributed by atoms with Gasteiger partial charge in [0.25, 0.3) is 0 Å². The molecule has 1 spiro atoms. The number of para-hydroxylation sites is 1. The van der Waals surface area contributed by atoms with Gasteiger partial charge in [-0.25, -0.2) is 4.98 Å². The van der Waals surface area contributed by atoms with Gasteiger partial charge in [-0.2, -0.15) is 0 Å². The number of carbonyl (C=O) groups excluding carboxylic acids is 1. The molecule has 3 aliphatic rings. The van der Waals surface area contributed by atoms with E-state index in [-0.39, 0.29) is 11.5 Å². The van der Waals surface area contributed by atoms with E-state index in [0.29, 0.717) is 13.2 Å². The van der Waals surface area contributed by atoms with Gasteiger partial charge >= 0.3 is 0 Å². The van der Waals surface area contributed by atoms with Crippen LogP contribution in [0.3, 0.4) is 0 Å². The summed E-state index contributed by atoms with van der Waals surface area (Å²) in [5.41, 5.74) is 2.20. The Morgan fingerprint density at radius 1 is 1.17 bits per heavy atom. The number of aromatic nitrogens is 2. The van der Waals surface area contributed by atoms with Gasteiger partial charge in [-0.3, -0.25) is 14.6 Å². The quantitative estimate of drug-likeness (QED) is 0.781. The Hall–Kier alpha value is -2.22. The SMILES string of the molecule is Cn1ccnc1CN1CCC2(CN(CC(=O)N3CCc4ccccc43)CCO2)C1. The van der Waals surface area contributed by atoms with Gasteiger partial charge in [-0.05, 0) is 24.5 Å². The second-order valence-electron chi connectivity index (χ2n) is 8.58. The highest BCUT2D eigenvalue weighted by molar-refractivity contribution is 5.96. The van der Waals surface area contributed by atoms with Crippen LogP contribution in [-0.2, 0) is 29.5 Å². The van der Waals surface area contributed by atoms with Crippen molar-refractivity contribution in [3.63, 3.8) is 0 Å². The summed E-state index contributed by atoms with van der Waals surface area (Å²) >= 11 is 0. The number of fused-ring (bicyclic) bond motifs is 1. The highest BCUT2D eigenvalue weighted by Crippen LogP contribution is 2.31. The first-order chi connectivity index (χ1) is 14.1. The van der Waals surface area contributed by atoms with Crippen molar-refractivity contribution in [2.24, 2.45) is 7.05 Å². The molecule has 4 heterocycles. The van der Waals surface area contributed by atoms with Gasteiger partial charge < -0.3 is 14.2 Å². The van der Waals surface area contributed by atoms with Crippen LogP contribution in [0.2, 0.25) is 0 Å². The Morgan fingerprint density at radius 3 is 2.90 bits per heavy atom. The zero-order chi connectivity index (χ0) is 19.8. The van der Waals surface area contributed by atoms with E-state index in [2.05, 4.69) is 37.5 Å². The van der Waals surface area contributed by atoms with E-state index < -0.39 is 0 Å². The lowest BCUT2D eigenvalue weighted by molar-refractivity contribution is -0.127. The Morgan fingerprint density at radius 2 is 2.03 bits per heavy atom. The fourth-order valence-corrected chi connectivity index (χ4v) is 4.99. The fraction of sp³-hybridized carbons (Fsp3) is 0.545. The molecular weight excluding hydrogens is 366 g/mol. The first-order valence-corrected chi connectivity index (χ1v) is 10.6. The van der Waals surface area contributed by atoms with E-state index in [9.17, 15) is 4.79 Å². The Balaban J connectivity index is 1.20. The predicted octanol–water partition coefficient (Wildman–Crippen LogP) is 1.29. The summed E-state index contributed by atoms with van der Waals surface area (Å²) in [6.07, 6.45) is 5.80. The van der Waals surface area contributed by atoms with Crippen LogP contribution < -0.4 is 4.90 Å². The summed E-state index contributed by atoms with van der Waals surface area (Å²) in [6.45, 7) is 6.36. The molecule has 0 radical (unpaired) electrons. The number of benzene rings is 1. The minimum atomic E-state index is -0.160. The third kappa shape index (κ3) is 3.70. The van der Waals surface area contributed by atoms with Crippen molar-refractivity contribution in [1.82, 2.24) is 19.4 Å². The van der Waals surface area contributed by atoms with E-state index in [1.165, 1.54) is 5.56 Å². The normalized spacial score (nSPS) is 25.1. The first-order valence-electron chi connectivity index (χ1n) is 10.6. The molecule has 0 N–H and O–H groups in total. The molecule has 7 nitrogen and oxygen atoms in total. The summed E-state index contributed by atoms with van der Waals surface area (Å²) in [5, 5.41) is 0. The van der Waals surface area contributed by atoms with Crippen LogP contribution in [0.1, 0.15) is 17.8 Å². The summed E-state index contributed by atoms with van der Waals surface area (Å²) in [6, 6.07) is 8.26. The molecular formula is C22H29N5O2. The van der Waals surface area contributed by atoms with Crippen molar-refractivity contribution in [3.8, 4) is 0 Å². The van der Waals surface area contributed by atoms with Gasteiger partial charge in [-0.1, -0.05) is 18.2 Å². The molecule has 0 aliphatic carbocycles. The molecule has 1 amide bonds. The van der Waals surface area contributed by atoms with Crippen molar-refractivity contribution >= 4 is 11.6 Å². The molecule has 3 aliphatic heterocycles. The van der Waals surface area contributed by atoms with E-state index >= 15 is 0 Å². The number of morpholine rings is 1. The molecule has 2 aromatic rings. The third-order valence-electron chi connectivity index (χ3n) is 6.56. The standard InChI is InChI=1S/C22H29N5O2/c1-24-11-8-23-20(24)14-25-10-7-22(16-25)17-26(12-13-29-22)15-21(28)27-9-6-18-4-2-3-5-19(18)27/h2-5,8,11H,6-7,9-10,12-17H2,1H3. The Kier molecular flexibility index (Phi) is 4.89. The van der Waals surface area contributed by atoms with Crippen LogP contribution in [0.25, 0.3) is 0 Å². The van der Waals surface area contributed by atoms with E-state index in [4.69, 9.17) is 4.74 Å². The largest absolute Gasteiger partial charge is 0.371 e. The van der Waals surface area contributed by atoms with Crippen molar-refractivity contribution in [2.75, 3.05) is 50.8 Å². The molecule has 154 valence electrons. The van der Waals surface area contributed by atoms with E-state index in [1.807, 2.05) is 30.4 Å². The van der Waals surface area contributed by atoms with Gasteiger partial charge in [0.15, 0.2) is 0 Å². The molecule has 0 saturated carbocycles. The van der Waals surface area contributed by atoms with Gasteiger partial charge in [0.1, 0.15) is 5.82 Å². The van der Waals surface area contributed by atoms with Crippen molar-refractivity contribution in [3.05, 3.63) is 48.0 Å². The lowest BCUT2D eigenvalue weighted by Gasteiger charge is -2.40. The number of carbonyl (C=O) groups is 1. The summed E-state index contributed by atoms with van der Waals surface area (Å²) < 4.78 is 8.34. The number of anilines is 1. The number of ether oxygens (including phenoxy) is 1. The highest BCUT2D eigenvalue weighted by atomic mass is 16.5. The lowest BCUT2D eigenvalue weighted by Crippen LogP contribution is -2.55. The average molecular weight is 396 g/mol. The van der Waals surface area contributed by atoms with Gasteiger partial charge in [0.05, 0.1) is 25.3 Å². The number of likely N-dealkylation sites (tertiary alicyclic amines) is 1. The molecule has 29 heavy (non-hydrogen) atoms. The van der Waals surface area contributed by atoms with Gasteiger partial charge in [-0.15, -0.1) is 0 Å². The third-order valence-corrected chi connectivity index (χ3v) is 6.56.